The van der Waals surface area contributed by atoms with Crippen molar-refractivity contribution in [3.63, 3.8) is 0 Å². The van der Waals surface area contributed by atoms with Crippen molar-refractivity contribution in [1.29, 1.82) is 0 Å². The standard InChI is InChI=1S/C14H28N2O2/c1-11(2)8-15-13-7-12(9-16(3)10-13)5-6-14(17)18-4/h11-13,15H,5-10H2,1-4H3. The third-order valence-corrected chi connectivity index (χ3v) is 3.52. The molecule has 1 aliphatic heterocycles. The predicted octanol–water partition coefficient (Wildman–Crippen LogP) is 1.51. The molecule has 0 amide bonds. The maximum absolute atomic E-state index is 11.2. The van der Waals surface area contributed by atoms with Crippen molar-refractivity contribution in [1.82, 2.24) is 10.2 Å². The molecule has 18 heavy (non-hydrogen) atoms. The molecule has 0 aliphatic carbocycles. The van der Waals surface area contributed by atoms with Gasteiger partial charge in [0, 0.05) is 25.6 Å². The number of carbonyl (C=O) groups is 1. The van der Waals surface area contributed by atoms with Gasteiger partial charge in [0.1, 0.15) is 0 Å². The lowest BCUT2D eigenvalue weighted by Gasteiger charge is -2.36. The number of ether oxygens (including phenoxy) is 1. The van der Waals surface area contributed by atoms with Gasteiger partial charge in [0.15, 0.2) is 0 Å². The van der Waals surface area contributed by atoms with E-state index < -0.39 is 0 Å². The van der Waals surface area contributed by atoms with Crippen LogP contribution in [0.2, 0.25) is 0 Å². The number of likely N-dealkylation sites (tertiary alicyclic amines) is 1. The van der Waals surface area contributed by atoms with Crippen molar-refractivity contribution >= 4 is 5.97 Å². The first-order chi connectivity index (χ1) is 8.51. The molecule has 1 fully saturated rings. The van der Waals surface area contributed by atoms with E-state index in [0.29, 0.717) is 24.3 Å². The van der Waals surface area contributed by atoms with E-state index in [1.165, 1.54) is 13.5 Å². The molecule has 0 radical (unpaired) electrons. The minimum atomic E-state index is -0.0880. The summed E-state index contributed by atoms with van der Waals surface area (Å²) in [6.07, 6.45) is 2.66. The third kappa shape index (κ3) is 5.83. The van der Waals surface area contributed by atoms with Crippen LogP contribution in [0.25, 0.3) is 0 Å². The van der Waals surface area contributed by atoms with Crippen LogP contribution in [0.3, 0.4) is 0 Å². The zero-order valence-corrected chi connectivity index (χ0v) is 12.2. The molecule has 1 saturated heterocycles. The Balaban J connectivity index is 2.33. The van der Waals surface area contributed by atoms with Gasteiger partial charge in [-0.2, -0.15) is 0 Å². The van der Waals surface area contributed by atoms with Crippen molar-refractivity contribution in [3.05, 3.63) is 0 Å². The molecule has 0 aromatic heterocycles. The van der Waals surface area contributed by atoms with Crippen LogP contribution in [-0.4, -0.2) is 50.7 Å². The van der Waals surface area contributed by atoms with E-state index in [1.807, 2.05) is 0 Å². The molecule has 2 unspecified atom stereocenters. The molecule has 106 valence electrons. The van der Waals surface area contributed by atoms with Gasteiger partial charge in [0.05, 0.1) is 7.11 Å². The number of hydrogen-bond donors (Lipinski definition) is 1. The van der Waals surface area contributed by atoms with Crippen LogP contribution in [0.15, 0.2) is 0 Å². The summed E-state index contributed by atoms with van der Waals surface area (Å²) in [5.74, 6) is 1.20. The number of methoxy groups -OCH3 is 1. The number of piperidine rings is 1. The molecule has 4 nitrogen and oxygen atoms in total. The van der Waals surface area contributed by atoms with E-state index >= 15 is 0 Å². The average Bonchev–Trinajstić information content (AvgIpc) is 2.33. The van der Waals surface area contributed by atoms with E-state index in [0.717, 1.165) is 26.1 Å². The van der Waals surface area contributed by atoms with Crippen LogP contribution in [-0.2, 0) is 9.53 Å². The summed E-state index contributed by atoms with van der Waals surface area (Å²) in [4.78, 5) is 13.5. The Kier molecular flexibility index (Phi) is 6.65. The molecule has 0 aromatic carbocycles. The van der Waals surface area contributed by atoms with E-state index in [-0.39, 0.29) is 5.97 Å². The molecule has 2 atom stereocenters. The zero-order chi connectivity index (χ0) is 13.5. The molecule has 0 spiro atoms. The zero-order valence-electron chi connectivity index (χ0n) is 12.2. The number of rotatable bonds is 6. The molecular formula is C14H28N2O2. The summed E-state index contributed by atoms with van der Waals surface area (Å²) in [5.41, 5.74) is 0. The molecule has 1 rings (SSSR count). The van der Waals surface area contributed by atoms with Gasteiger partial charge >= 0.3 is 5.97 Å². The maximum atomic E-state index is 11.2. The Bertz CT molecular complexity index is 256. The molecule has 1 heterocycles. The van der Waals surface area contributed by atoms with Gasteiger partial charge in [0.2, 0.25) is 0 Å². The van der Waals surface area contributed by atoms with E-state index in [2.05, 4.69) is 31.1 Å². The lowest BCUT2D eigenvalue weighted by Crippen LogP contribution is -2.48. The van der Waals surface area contributed by atoms with Crippen molar-refractivity contribution in [3.8, 4) is 0 Å². The number of nitrogens with zero attached hydrogens (tertiary/aromatic N) is 1. The molecule has 4 heteroatoms. The van der Waals surface area contributed by atoms with Gasteiger partial charge in [-0.15, -0.1) is 0 Å². The van der Waals surface area contributed by atoms with Crippen molar-refractivity contribution in [2.24, 2.45) is 11.8 Å². The number of carbonyl (C=O) groups excluding carboxylic acids is 1. The van der Waals surface area contributed by atoms with Crippen molar-refractivity contribution < 1.29 is 9.53 Å². The predicted molar refractivity (Wildman–Crippen MR) is 73.5 cm³/mol. The first-order valence-electron chi connectivity index (χ1n) is 7.00. The molecule has 0 aromatic rings. The maximum Gasteiger partial charge on any atom is 0.305 e. The van der Waals surface area contributed by atoms with Crippen LogP contribution in [0.5, 0.6) is 0 Å². The molecule has 0 bridgehead atoms. The Hall–Kier alpha value is -0.610. The number of nitrogens with one attached hydrogen (secondary N) is 1. The first-order valence-corrected chi connectivity index (χ1v) is 7.00. The summed E-state index contributed by atoms with van der Waals surface area (Å²) in [5, 5.41) is 3.63. The smallest absolute Gasteiger partial charge is 0.305 e. The van der Waals surface area contributed by atoms with E-state index in [9.17, 15) is 4.79 Å². The quantitative estimate of drug-likeness (QED) is 0.731. The monoisotopic (exact) mass is 256 g/mol. The second-order valence-corrected chi connectivity index (χ2v) is 5.94. The third-order valence-electron chi connectivity index (χ3n) is 3.52. The van der Waals surface area contributed by atoms with Crippen LogP contribution in [0.4, 0.5) is 0 Å². The lowest BCUT2D eigenvalue weighted by molar-refractivity contribution is -0.141. The Morgan fingerprint density at radius 3 is 2.78 bits per heavy atom. The first kappa shape index (κ1) is 15.4. The minimum Gasteiger partial charge on any atom is -0.469 e. The van der Waals surface area contributed by atoms with E-state index in [4.69, 9.17) is 4.74 Å². The van der Waals surface area contributed by atoms with E-state index in [1.54, 1.807) is 0 Å². The van der Waals surface area contributed by atoms with Gasteiger partial charge in [-0.25, -0.2) is 0 Å². The Morgan fingerprint density at radius 2 is 2.17 bits per heavy atom. The normalized spacial score (nSPS) is 25.4. The van der Waals surface area contributed by atoms with Crippen LogP contribution < -0.4 is 5.32 Å². The van der Waals surface area contributed by atoms with Gasteiger partial charge in [-0.3, -0.25) is 4.79 Å². The van der Waals surface area contributed by atoms with Crippen molar-refractivity contribution in [2.45, 2.75) is 39.2 Å². The highest BCUT2D eigenvalue weighted by Gasteiger charge is 2.25. The minimum absolute atomic E-state index is 0.0880. The summed E-state index contributed by atoms with van der Waals surface area (Å²) in [6, 6.07) is 0.564. The highest BCUT2D eigenvalue weighted by molar-refractivity contribution is 5.69. The van der Waals surface area contributed by atoms with Crippen LogP contribution in [0, 0.1) is 11.8 Å². The second-order valence-electron chi connectivity index (χ2n) is 5.94. The number of hydrogen-bond acceptors (Lipinski definition) is 4. The van der Waals surface area contributed by atoms with Crippen LogP contribution >= 0.6 is 0 Å². The van der Waals surface area contributed by atoms with Gasteiger partial charge in [0.25, 0.3) is 0 Å². The SMILES string of the molecule is COC(=O)CCC1CC(NCC(C)C)CN(C)C1. The van der Waals surface area contributed by atoms with Gasteiger partial charge in [-0.1, -0.05) is 13.8 Å². The fourth-order valence-corrected chi connectivity index (χ4v) is 2.63. The fourth-order valence-electron chi connectivity index (χ4n) is 2.63. The highest BCUT2D eigenvalue weighted by Crippen LogP contribution is 2.20. The molecule has 1 N–H and O–H groups in total. The summed E-state index contributed by atoms with van der Waals surface area (Å²) < 4.78 is 4.71. The van der Waals surface area contributed by atoms with Crippen LogP contribution in [0.1, 0.15) is 33.1 Å². The summed E-state index contributed by atoms with van der Waals surface area (Å²) in [6.45, 7) is 7.74. The van der Waals surface area contributed by atoms with Crippen molar-refractivity contribution in [2.75, 3.05) is 33.8 Å². The molecule has 0 saturated carbocycles. The second kappa shape index (κ2) is 7.74. The van der Waals surface area contributed by atoms with Gasteiger partial charge < -0.3 is 15.0 Å². The topological polar surface area (TPSA) is 41.6 Å². The fraction of sp³-hybridized carbons (Fsp3) is 0.929. The average molecular weight is 256 g/mol. The molecular weight excluding hydrogens is 228 g/mol. The number of esters is 1. The highest BCUT2D eigenvalue weighted by atomic mass is 16.5. The lowest BCUT2D eigenvalue weighted by atomic mass is 9.90. The van der Waals surface area contributed by atoms with Gasteiger partial charge in [-0.05, 0) is 38.3 Å². The summed E-state index contributed by atoms with van der Waals surface area (Å²) in [7, 11) is 3.62. The Morgan fingerprint density at radius 1 is 1.44 bits per heavy atom. The largest absolute Gasteiger partial charge is 0.469 e. The Labute approximate surface area is 111 Å². The number of likely N-dealkylation sites (N-methyl/N-ethyl adjacent to an activating group) is 1. The molecule has 1 aliphatic rings. The summed E-state index contributed by atoms with van der Waals surface area (Å²) >= 11 is 0.